The molecule has 0 aromatic heterocycles. The van der Waals surface area contributed by atoms with E-state index in [-0.39, 0.29) is 5.91 Å². The van der Waals surface area contributed by atoms with Crippen LogP contribution in [0.4, 0.5) is 0 Å². The van der Waals surface area contributed by atoms with Crippen molar-refractivity contribution in [3.05, 3.63) is 64.7 Å². The average molecular weight is 347 g/mol. The Morgan fingerprint density at radius 2 is 1.79 bits per heavy atom. The summed E-state index contributed by atoms with van der Waals surface area (Å²) >= 11 is 5.84. The van der Waals surface area contributed by atoms with Crippen LogP contribution >= 0.6 is 11.6 Å². The molecule has 128 valence electrons. The van der Waals surface area contributed by atoms with Crippen LogP contribution in [0.15, 0.2) is 48.5 Å². The summed E-state index contributed by atoms with van der Waals surface area (Å²) in [6.45, 7) is 1.69. The van der Waals surface area contributed by atoms with Crippen LogP contribution in [0.3, 0.4) is 0 Å². The number of hydrogen-bond acceptors (Lipinski definition) is 3. The van der Waals surface area contributed by atoms with E-state index < -0.39 is 0 Å². The van der Waals surface area contributed by atoms with E-state index in [1.807, 2.05) is 42.5 Å². The van der Waals surface area contributed by atoms with Crippen molar-refractivity contribution in [2.24, 2.45) is 0 Å². The lowest BCUT2D eigenvalue weighted by atomic mass is 10.1. The molecule has 0 saturated heterocycles. The third-order valence-corrected chi connectivity index (χ3v) is 3.91. The van der Waals surface area contributed by atoms with Crippen LogP contribution in [0.1, 0.15) is 11.1 Å². The second kappa shape index (κ2) is 9.96. The van der Waals surface area contributed by atoms with Gasteiger partial charge in [-0.05, 0) is 54.8 Å². The maximum absolute atomic E-state index is 11.8. The molecule has 0 saturated carbocycles. The molecule has 2 aromatic carbocycles. The van der Waals surface area contributed by atoms with Crippen LogP contribution < -0.4 is 15.4 Å². The van der Waals surface area contributed by atoms with E-state index in [1.165, 1.54) is 5.56 Å². The standard InChI is InChI=1S/C19H23ClN2O2/c1-24-18-4-2-3-16(13-18)9-11-21-14-19(23)22-12-10-15-5-7-17(20)8-6-15/h2-8,13,21H,9-12,14H2,1H3,(H,22,23). The second-order valence-electron chi connectivity index (χ2n) is 5.50. The summed E-state index contributed by atoms with van der Waals surface area (Å²) in [6, 6.07) is 15.6. The Bertz CT molecular complexity index is 644. The van der Waals surface area contributed by atoms with Gasteiger partial charge in [0.15, 0.2) is 0 Å². The van der Waals surface area contributed by atoms with Crippen molar-refractivity contribution in [1.82, 2.24) is 10.6 Å². The van der Waals surface area contributed by atoms with Gasteiger partial charge < -0.3 is 15.4 Å². The minimum Gasteiger partial charge on any atom is -0.497 e. The molecule has 0 radical (unpaired) electrons. The molecule has 0 atom stereocenters. The van der Waals surface area contributed by atoms with Gasteiger partial charge in [-0.3, -0.25) is 4.79 Å². The zero-order valence-electron chi connectivity index (χ0n) is 13.8. The fourth-order valence-electron chi connectivity index (χ4n) is 2.32. The number of methoxy groups -OCH3 is 1. The molecule has 0 aliphatic heterocycles. The van der Waals surface area contributed by atoms with Gasteiger partial charge in [0.1, 0.15) is 5.75 Å². The average Bonchev–Trinajstić information content (AvgIpc) is 2.61. The van der Waals surface area contributed by atoms with Gasteiger partial charge >= 0.3 is 0 Å². The molecule has 0 unspecified atom stereocenters. The van der Waals surface area contributed by atoms with E-state index >= 15 is 0 Å². The molecule has 0 fully saturated rings. The number of carbonyl (C=O) groups is 1. The van der Waals surface area contributed by atoms with Crippen molar-refractivity contribution in [2.45, 2.75) is 12.8 Å². The van der Waals surface area contributed by atoms with E-state index in [4.69, 9.17) is 16.3 Å². The summed E-state index contributed by atoms with van der Waals surface area (Å²) < 4.78 is 5.19. The number of ether oxygens (including phenoxy) is 1. The highest BCUT2D eigenvalue weighted by Gasteiger charge is 2.01. The Morgan fingerprint density at radius 3 is 2.54 bits per heavy atom. The van der Waals surface area contributed by atoms with Crippen LogP contribution in [0, 0.1) is 0 Å². The highest BCUT2D eigenvalue weighted by atomic mass is 35.5. The van der Waals surface area contributed by atoms with Crippen molar-refractivity contribution >= 4 is 17.5 Å². The Kier molecular flexibility index (Phi) is 7.59. The fourth-order valence-corrected chi connectivity index (χ4v) is 2.45. The summed E-state index contributed by atoms with van der Waals surface area (Å²) in [6.07, 6.45) is 1.65. The van der Waals surface area contributed by atoms with E-state index in [2.05, 4.69) is 16.7 Å². The number of rotatable bonds is 9. The first-order valence-corrected chi connectivity index (χ1v) is 8.40. The van der Waals surface area contributed by atoms with Gasteiger partial charge in [0.25, 0.3) is 0 Å². The molecule has 1 amide bonds. The maximum atomic E-state index is 11.8. The molecule has 2 rings (SSSR count). The molecular formula is C19H23ClN2O2. The third kappa shape index (κ3) is 6.60. The van der Waals surface area contributed by atoms with Crippen molar-refractivity contribution < 1.29 is 9.53 Å². The SMILES string of the molecule is COc1cccc(CCNCC(=O)NCCc2ccc(Cl)cc2)c1. The Labute approximate surface area is 148 Å². The van der Waals surface area contributed by atoms with E-state index in [0.29, 0.717) is 13.1 Å². The number of amides is 1. The smallest absolute Gasteiger partial charge is 0.233 e. The molecule has 0 aliphatic carbocycles. The van der Waals surface area contributed by atoms with Crippen LogP contribution in [0.5, 0.6) is 5.75 Å². The summed E-state index contributed by atoms with van der Waals surface area (Å²) in [5.74, 6) is 0.863. The lowest BCUT2D eigenvalue weighted by molar-refractivity contribution is -0.120. The van der Waals surface area contributed by atoms with Gasteiger partial charge in [-0.1, -0.05) is 35.9 Å². The quantitative estimate of drug-likeness (QED) is 0.686. The number of nitrogens with one attached hydrogen (secondary N) is 2. The third-order valence-electron chi connectivity index (χ3n) is 3.66. The number of halogens is 1. The van der Waals surface area contributed by atoms with E-state index in [0.717, 1.165) is 35.7 Å². The molecule has 0 aliphatic rings. The van der Waals surface area contributed by atoms with Crippen LogP contribution in [0.2, 0.25) is 5.02 Å². The lowest BCUT2D eigenvalue weighted by Crippen LogP contribution is -2.35. The van der Waals surface area contributed by atoms with Crippen LogP contribution in [-0.2, 0) is 17.6 Å². The van der Waals surface area contributed by atoms with Crippen molar-refractivity contribution in [3.63, 3.8) is 0 Å². The Morgan fingerprint density at radius 1 is 1.04 bits per heavy atom. The van der Waals surface area contributed by atoms with Gasteiger partial charge in [-0.2, -0.15) is 0 Å². The summed E-state index contributed by atoms with van der Waals surface area (Å²) in [4.78, 5) is 11.8. The highest BCUT2D eigenvalue weighted by molar-refractivity contribution is 6.30. The van der Waals surface area contributed by atoms with Gasteiger partial charge in [-0.25, -0.2) is 0 Å². The zero-order valence-corrected chi connectivity index (χ0v) is 14.6. The monoisotopic (exact) mass is 346 g/mol. The molecule has 5 heteroatoms. The van der Waals surface area contributed by atoms with Crippen molar-refractivity contribution in [3.8, 4) is 5.75 Å². The van der Waals surface area contributed by atoms with Crippen molar-refractivity contribution in [2.75, 3.05) is 26.7 Å². The molecule has 2 N–H and O–H groups in total. The van der Waals surface area contributed by atoms with Crippen LogP contribution in [0.25, 0.3) is 0 Å². The first-order valence-electron chi connectivity index (χ1n) is 8.02. The predicted octanol–water partition coefficient (Wildman–Crippen LogP) is 2.84. The normalized spacial score (nSPS) is 10.4. The highest BCUT2D eigenvalue weighted by Crippen LogP contribution is 2.12. The zero-order chi connectivity index (χ0) is 17.2. The molecule has 0 bridgehead atoms. The van der Waals surface area contributed by atoms with Gasteiger partial charge in [0.2, 0.25) is 5.91 Å². The second-order valence-corrected chi connectivity index (χ2v) is 5.94. The summed E-state index contributed by atoms with van der Waals surface area (Å²) in [7, 11) is 1.66. The molecule has 4 nitrogen and oxygen atoms in total. The molecule has 2 aromatic rings. The topological polar surface area (TPSA) is 50.4 Å². The number of hydrogen-bond donors (Lipinski definition) is 2. The maximum Gasteiger partial charge on any atom is 0.233 e. The van der Waals surface area contributed by atoms with Crippen LogP contribution in [-0.4, -0.2) is 32.7 Å². The minimum atomic E-state index is 0.00889. The van der Waals surface area contributed by atoms with Gasteiger partial charge in [0.05, 0.1) is 13.7 Å². The summed E-state index contributed by atoms with van der Waals surface area (Å²) in [5.41, 5.74) is 2.34. The Hall–Kier alpha value is -2.04. The largest absolute Gasteiger partial charge is 0.497 e. The molecule has 24 heavy (non-hydrogen) atoms. The fraction of sp³-hybridized carbons (Fsp3) is 0.316. The van der Waals surface area contributed by atoms with Gasteiger partial charge in [0, 0.05) is 11.6 Å². The van der Waals surface area contributed by atoms with Gasteiger partial charge in [-0.15, -0.1) is 0 Å². The van der Waals surface area contributed by atoms with Crippen molar-refractivity contribution in [1.29, 1.82) is 0 Å². The van der Waals surface area contributed by atoms with E-state index in [1.54, 1.807) is 7.11 Å². The summed E-state index contributed by atoms with van der Waals surface area (Å²) in [5, 5.41) is 6.79. The molecular weight excluding hydrogens is 324 g/mol. The number of benzene rings is 2. The predicted molar refractivity (Wildman–Crippen MR) is 97.7 cm³/mol. The minimum absolute atomic E-state index is 0.00889. The molecule has 0 spiro atoms. The Balaban J connectivity index is 1.58. The first kappa shape index (κ1) is 18.3. The first-order chi connectivity index (χ1) is 11.7. The molecule has 0 heterocycles. The lowest BCUT2D eigenvalue weighted by Gasteiger charge is -2.08. The van der Waals surface area contributed by atoms with E-state index in [9.17, 15) is 4.79 Å². The number of carbonyl (C=O) groups excluding carboxylic acids is 1.